The van der Waals surface area contributed by atoms with E-state index in [1.807, 2.05) is 0 Å². The van der Waals surface area contributed by atoms with E-state index in [4.69, 9.17) is 0 Å². The number of carbonyl (C=O) groups is 1. The number of benzene rings is 1. The monoisotopic (exact) mass is 332 g/mol. The van der Waals surface area contributed by atoms with Crippen LogP contribution in [0.5, 0.6) is 0 Å². The molecule has 0 radical (unpaired) electrons. The molecule has 0 unspecified atom stereocenters. The number of rotatable bonds is 4. The highest BCUT2D eigenvalue weighted by molar-refractivity contribution is 5.91. The van der Waals surface area contributed by atoms with Gasteiger partial charge in [-0.3, -0.25) is 14.9 Å². The molecule has 0 saturated heterocycles. The summed E-state index contributed by atoms with van der Waals surface area (Å²) in [6, 6.07) is 3.49. The molecule has 6 heteroatoms. The van der Waals surface area contributed by atoms with Crippen LogP contribution in [0.25, 0.3) is 0 Å². The molecule has 0 aliphatic heterocycles. The molecule has 1 aromatic rings. The van der Waals surface area contributed by atoms with Gasteiger partial charge in [-0.15, -0.1) is 0 Å². The Hall–Kier alpha value is -1.98. The number of nitro groups is 1. The van der Waals surface area contributed by atoms with Crippen LogP contribution in [0.1, 0.15) is 44.9 Å². The van der Waals surface area contributed by atoms with Crippen molar-refractivity contribution in [2.24, 2.45) is 23.2 Å². The summed E-state index contributed by atoms with van der Waals surface area (Å²) >= 11 is 0. The van der Waals surface area contributed by atoms with Crippen molar-refractivity contribution in [2.75, 3.05) is 5.32 Å². The molecule has 1 aromatic carbocycles. The van der Waals surface area contributed by atoms with E-state index in [-0.39, 0.29) is 17.0 Å². The highest BCUT2D eigenvalue weighted by atomic mass is 19.1. The fraction of sp³-hybridized carbons (Fsp3) is 0.611. The van der Waals surface area contributed by atoms with Crippen molar-refractivity contribution in [3.63, 3.8) is 0 Å². The SMILES string of the molecule is O=C(CC12CC3CC(CC(C3)C1)C2)Nc1ccc(F)c([N+](=O)[O-])c1. The van der Waals surface area contributed by atoms with Gasteiger partial charge in [0.25, 0.3) is 0 Å². The lowest BCUT2D eigenvalue weighted by Gasteiger charge is -2.56. The fourth-order valence-electron chi connectivity index (χ4n) is 5.78. The first kappa shape index (κ1) is 15.5. The number of nitrogens with zero attached hydrogens (tertiary/aromatic N) is 1. The second kappa shape index (κ2) is 5.53. The van der Waals surface area contributed by atoms with Crippen molar-refractivity contribution in [2.45, 2.75) is 44.9 Å². The summed E-state index contributed by atoms with van der Waals surface area (Å²) in [5.41, 5.74) is -0.203. The zero-order chi connectivity index (χ0) is 16.9. The third-order valence-corrected chi connectivity index (χ3v) is 6.13. The van der Waals surface area contributed by atoms with Crippen LogP contribution in [0, 0.1) is 39.1 Å². The van der Waals surface area contributed by atoms with Gasteiger partial charge in [-0.1, -0.05) is 0 Å². The van der Waals surface area contributed by atoms with Crippen LogP contribution in [0.4, 0.5) is 15.8 Å². The molecule has 0 spiro atoms. The van der Waals surface area contributed by atoms with E-state index in [2.05, 4.69) is 5.32 Å². The molecule has 5 nitrogen and oxygen atoms in total. The summed E-state index contributed by atoms with van der Waals surface area (Å²) < 4.78 is 13.4. The number of halogens is 1. The van der Waals surface area contributed by atoms with E-state index < -0.39 is 16.4 Å². The van der Waals surface area contributed by atoms with Crippen LogP contribution in [0.15, 0.2) is 18.2 Å². The number of amides is 1. The van der Waals surface area contributed by atoms with E-state index in [0.29, 0.717) is 6.42 Å². The lowest BCUT2D eigenvalue weighted by Crippen LogP contribution is -2.47. The summed E-state index contributed by atoms with van der Waals surface area (Å²) in [7, 11) is 0. The molecule has 4 saturated carbocycles. The second-order valence-electron chi connectivity index (χ2n) is 8.07. The number of hydrogen-bond acceptors (Lipinski definition) is 3. The third-order valence-electron chi connectivity index (χ3n) is 6.13. The minimum Gasteiger partial charge on any atom is -0.326 e. The molecule has 4 aliphatic carbocycles. The van der Waals surface area contributed by atoms with Gasteiger partial charge in [0, 0.05) is 18.2 Å². The smallest absolute Gasteiger partial charge is 0.306 e. The van der Waals surface area contributed by atoms with Crippen molar-refractivity contribution >= 4 is 17.3 Å². The van der Waals surface area contributed by atoms with Crippen LogP contribution in [0.3, 0.4) is 0 Å². The minimum absolute atomic E-state index is 0.113. The maximum atomic E-state index is 13.4. The maximum Gasteiger partial charge on any atom is 0.306 e. The third kappa shape index (κ3) is 2.78. The van der Waals surface area contributed by atoms with Crippen LogP contribution in [-0.2, 0) is 4.79 Å². The molecule has 128 valence electrons. The number of carbonyl (C=O) groups excluding carboxylic acids is 1. The lowest BCUT2D eigenvalue weighted by molar-refractivity contribution is -0.387. The molecule has 0 atom stereocenters. The van der Waals surface area contributed by atoms with Crippen molar-refractivity contribution in [1.82, 2.24) is 0 Å². The van der Waals surface area contributed by atoms with Crippen molar-refractivity contribution in [3.05, 3.63) is 34.1 Å². The van der Waals surface area contributed by atoms with Gasteiger partial charge in [-0.05, 0) is 73.8 Å². The van der Waals surface area contributed by atoms with Gasteiger partial charge in [0.2, 0.25) is 11.7 Å². The second-order valence-corrected chi connectivity index (χ2v) is 8.07. The van der Waals surface area contributed by atoms with Crippen molar-refractivity contribution in [1.29, 1.82) is 0 Å². The summed E-state index contributed by atoms with van der Waals surface area (Å²) in [5.74, 6) is 1.32. The summed E-state index contributed by atoms with van der Waals surface area (Å²) in [5, 5.41) is 13.5. The quantitative estimate of drug-likeness (QED) is 0.661. The van der Waals surface area contributed by atoms with E-state index in [9.17, 15) is 19.3 Å². The molecule has 5 rings (SSSR count). The number of nitrogens with one attached hydrogen (secondary N) is 1. The van der Waals surface area contributed by atoms with Gasteiger partial charge < -0.3 is 5.32 Å². The standard InChI is InChI=1S/C18H21FN2O3/c19-15-2-1-14(6-16(15)21(23)24)20-17(22)10-18-7-11-3-12(8-18)5-13(4-11)9-18/h1-2,6,11-13H,3-5,7-10H2,(H,20,22). The molecule has 4 bridgehead atoms. The Balaban J connectivity index is 1.46. The van der Waals surface area contributed by atoms with E-state index in [1.165, 1.54) is 25.3 Å². The van der Waals surface area contributed by atoms with Gasteiger partial charge in [0.1, 0.15) is 0 Å². The van der Waals surface area contributed by atoms with Crippen molar-refractivity contribution < 1.29 is 14.1 Å². The van der Waals surface area contributed by atoms with Gasteiger partial charge in [0.05, 0.1) is 4.92 Å². The molecule has 1 amide bonds. The zero-order valence-corrected chi connectivity index (χ0v) is 13.5. The van der Waals surface area contributed by atoms with Gasteiger partial charge in [-0.2, -0.15) is 4.39 Å². The molecule has 0 heterocycles. The highest BCUT2D eigenvalue weighted by Crippen LogP contribution is 2.61. The molecule has 0 aromatic heterocycles. The first-order valence-electron chi connectivity index (χ1n) is 8.66. The molecule has 24 heavy (non-hydrogen) atoms. The highest BCUT2D eigenvalue weighted by Gasteiger charge is 2.51. The normalized spacial score (nSPS) is 33.5. The van der Waals surface area contributed by atoms with Crippen LogP contribution in [-0.4, -0.2) is 10.8 Å². The number of anilines is 1. The first-order chi connectivity index (χ1) is 11.4. The summed E-state index contributed by atoms with van der Waals surface area (Å²) in [6.07, 6.45) is 7.85. The largest absolute Gasteiger partial charge is 0.326 e. The average Bonchev–Trinajstić information content (AvgIpc) is 2.46. The topological polar surface area (TPSA) is 72.2 Å². The van der Waals surface area contributed by atoms with Crippen LogP contribution in [0.2, 0.25) is 0 Å². The molecule has 4 aliphatic rings. The molecule has 1 N–H and O–H groups in total. The maximum absolute atomic E-state index is 13.4. The first-order valence-corrected chi connectivity index (χ1v) is 8.66. The Labute approximate surface area is 139 Å². The van der Waals surface area contributed by atoms with Gasteiger partial charge in [-0.25, -0.2) is 0 Å². The Bertz CT molecular complexity index is 668. The zero-order valence-electron chi connectivity index (χ0n) is 13.5. The van der Waals surface area contributed by atoms with Gasteiger partial charge >= 0.3 is 5.69 Å². The Morgan fingerprint density at radius 1 is 1.21 bits per heavy atom. The minimum atomic E-state index is -0.890. The van der Waals surface area contributed by atoms with Crippen LogP contribution < -0.4 is 5.32 Å². The lowest BCUT2D eigenvalue weighted by atomic mass is 9.49. The summed E-state index contributed by atoms with van der Waals surface area (Å²) in [4.78, 5) is 22.5. The Morgan fingerprint density at radius 3 is 2.33 bits per heavy atom. The molecular formula is C18H21FN2O3. The van der Waals surface area contributed by atoms with E-state index >= 15 is 0 Å². The number of nitro benzene ring substituents is 1. The predicted octanol–water partition coefficient (Wildman–Crippen LogP) is 4.28. The van der Waals surface area contributed by atoms with Crippen molar-refractivity contribution in [3.8, 4) is 0 Å². The Kier molecular flexibility index (Phi) is 3.58. The van der Waals surface area contributed by atoms with Gasteiger partial charge in [0.15, 0.2) is 0 Å². The molecule has 4 fully saturated rings. The van der Waals surface area contributed by atoms with E-state index in [1.54, 1.807) is 0 Å². The average molecular weight is 332 g/mol. The van der Waals surface area contributed by atoms with Crippen LogP contribution >= 0.6 is 0 Å². The molecular weight excluding hydrogens is 311 g/mol. The number of hydrogen-bond donors (Lipinski definition) is 1. The Morgan fingerprint density at radius 2 is 1.79 bits per heavy atom. The fourth-order valence-corrected chi connectivity index (χ4v) is 5.78. The predicted molar refractivity (Wildman–Crippen MR) is 86.9 cm³/mol. The summed E-state index contributed by atoms with van der Waals surface area (Å²) in [6.45, 7) is 0. The van der Waals surface area contributed by atoms with E-state index in [0.717, 1.165) is 49.1 Å².